The molecule has 0 spiro atoms. The van der Waals surface area contributed by atoms with Crippen molar-refractivity contribution in [2.75, 3.05) is 0 Å². The second-order valence-electron chi connectivity index (χ2n) is 5.31. The average molecular weight is 349 g/mol. The number of aromatic nitrogens is 2. The molecule has 2 aromatic heterocycles. The molecule has 0 aliphatic rings. The normalized spacial score (nSPS) is 11.1. The molecule has 0 radical (unpaired) electrons. The molecule has 0 aliphatic carbocycles. The number of benzene rings is 1. The summed E-state index contributed by atoms with van der Waals surface area (Å²) in [5.74, 6) is -0.834. The van der Waals surface area contributed by atoms with Gasteiger partial charge in [-0.25, -0.2) is 4.98 Å². The highest BCUT2D eigenvalue weighted by Crippen LogP contribution is 2.34. The fourth-order valence-corrected chi connectivity index (χ4v) is 3.10. The lowest BCUT2D eigenvalue weighted by Gasteiger charge is -2.08. The average Bonchev–Trinajstić information content (AvgIpc) is 2.78. The van der Waals surface area contributed by atoms with E-state index < -0.39 is 5.97 Å². The van der Waals surface area contributed by atoms with Gasteiger partial charge in [-0.1, -0.05) is 35.3 Å². The molecule has 0 amide bonds. The summed E-state index contributed by atoms with van der Waals surface area (Å²) in [5.41, 5.74) is 3.61. The van der Waals surface area contributed by atoms with Crippen molar-refractivity contribution >= 4 is 40.2 Å². The summed E-state index contributed by atoms with van der Waals surface area (Å²) in [4.78, 5) is 15.4. The SMILES string of the molecule is Cn1c(-c2ccc(Cl)cc2)c(CCC(=O)O)c2cc(Cl)cnc21. The molecule has 3 rings (SSSR count). The topological polar surface area (TPSA) is 55.1 Å². The van der Waals surface area contributed by atoms with Crippen LogP contribution in [0.25, 0.3) is 22.3 Å². The Labute approximate surface area is 143 Å². The van der Waals surface area contributed by atoms with Gasteiger partial charge in [0.1, 0.15) is 5.65 Å². The lowest BCUT2D eigenvalue weighted by Crippen LogP contribution is -1.99. The molecule has 23 heavy (non-hydrogen) atoms. The Bertz CT molecular complexity index is 886. The number of halogens is 2. The second kappa shape index (κ2) is 6.22. The first-order valence-corrected chi connectivity index (χ1v) is 7.83. The second-order valence-corrected chi connectivity index (χ2v) is 6.18. The van der Waals surface area contributed by atoms with Gasteiger partial charge in [0, 0.05) is 30.1 Å². The van der Waals surface area contributed by atoms with Crippen molar-refractivity contribution in [2.24, 2.45) is 7.05 Å². The van der Waals surface area contributed by atoms with E-state index in [4.69, 9.17) is 28.3 Å². The van der Waals surface area contributed by atoms with E-state index in [1.165, 1.54) is 0 Å². The van der Waals surface area contributed by atoms with Crippen LogP contribution < -0.4 is 0 Å². The number of rotatable bonds is 4. The minimum absolute atomic E-state index is 0.0478. The largest absolute Gasteiger partial charge is 0.481 e. The van der Waals surface area contributed by atoms with Gasteiger partial charge in [0.05, 0.1) is 10.7 Å². The summed E-state index contributed by atoms with van der Waals surface area (Å²) in [6.45, 7) is 0. The molecule has 2 heterocycles. The van der Waals surface area contributed by atoms with Crippen LogP contribution in [0.1, 0.15) is 12.0 Å². The maximum Gasteiger partial charge on any atom is 0.303 e. The number of pyridine rings is 1. The van der Waals surface area contributed by atoms with E-state index in [0.717, 1.165) is 27.9 Å². The first-order chi connectivity index (χ1) is 11.0. The minimum atomic E-state index is -0.834. The van der Waals surface area contributed by atoms with Gasteiger partial charge in [0.15, 0.2) is 0 Å². The van der Waals surface area contributed by atoms with Crippen LogP contribution in [0.3, 0.4) is 0 Å². The van der Waals surface area contributed by atoms with Crippen LogP contribution in [-0.4, -0.2) is 20.6 Å². The fourth-order valence-electron chi connectivity index (χ4n) is 2.82. The Balaban J connectivity index is 2.25. The molecule has 118 valence electrons. The molecule has 0 saturated heterocycles. The zero-order valence-electron chi connectivity index (χ0n) is 12.4. The Morgan fingerprint density at radius 1 is 1.22 bits per heavy atom. The lowest BCUT2D eigenvalue weighted by atomic mass is 10.0. The van der Waals surface area contributed by atoms with Crippen molar-refractivity contribution in [3.8, 4) is 11.3 Å². The van der Waals surface area contributed by atoms with Crippen molar-refractivity contribution in [2.45, 2.75) is 12.8 Å². The number of hydrogen-bond donors (Lipinski definition) is 1. The Morgan fingerprint density at radius 2 is 1.91 bits per heavy atom. The summed E-state index contributed by atoms with van der Waals surface area (Å²) in [5, 5.41) is 11.1. The van der Waals surface area contributed by atoms with E-state index in [9.17, 15) is 4.79 Å². The van der Waals surface area contributed by atoms with E-state index in [1.807, 2.05) is 41.9 Å². The zero-order chi connectivity index (χ0) is 16.6. The van der Waals surface area contributed by atoms with Crippen molar-refractivity contribution in [1.29, 1.82) is 0 Å². The van der Waals surface area contributed by atoms with Gasteiger partial charge < -0.3 is 9.67 Å². The first kappa shape index (κ1) is 15.8. The van der Waals surface area contributed by atoms with Gasteiger partial charge in [0.25, 0.3) is 0 Å². The molecule has 1 N–H and O–H groups in total. The number of aliphatic carboxylic acids is 1. The molecule has 0 fully saturated rings. The minimum Gasteiger partial charge on any atom is -0.481 e. The fraction of sp³-hybridized carbons (Fsp3) is 0.176. The number of nitrogens with zero attached hydrogens (tertiary/aromatic N) is 2. The van der Waals surface area contributed by atoms with Crippen molar-refractivity contribution in [3.63, 3.8) is 0 Å². The van der Waals surface area contributed by atoms with Gasteiger partial charge >= 0.3 is 5.97 Å². The van der Waals surface area contributed by atoms with Crippen molar-refractivity contribution < 1.29 is 9.90 Å². The third-order valence-electron chi connectivity index (χ3n) is 3.80. The van der Waals surface area contributed by atoms with Crippen LogP contribution in [0.2, 0.25) is 10.0 Å². The van der Waals surface area contributed by atoms with Crippen LogP contribution in [0.5, 0.6) is 0 Å². The van der Waals surface area contributed by atoms with Crippen molar-refractivity contribution in [1.82, 2.24) is 9.55 Å². The van der Waals surface area contributed by atoms with Gasteiger partial charge in [-0.3, -0.25) is 4.79 Å². The Kier molecular flexibility index (Phi) is 4.28. The summed E-state index contributed by atoms with van der Waals surface area (Å²) < 4.78 is 1.96. The van der Waals surface area contributed by atoms with E-state index in [-0.39, 0.29) is 6.42 Å². The van der Waals surface area contributed by atoms with Gasteiger partial charge in [-0.15, -0.1) is 0 Å². The van der Waals surface area contributed by atoms with Gasteiger partial charge in [-0.05, 0) is 35.7 Å². The number of carboxylic acid groups (broad SMARTS) is 1. The summed E-state index contributed by atoms with van der Waals surface area (Å²) in [6, 6.07) is 9.30. The van der Waals surface area contributed by atoms with Crippen LogP contribution in [0.15, 0.2) is 36.5 Å². The zero-order valence-corrected chi connectivity index (χ0v) is 13.9. The quantitative estimate of drug-likeness (QED) is 0.751. The highest BCUT2D eigenvalue weighted by Gasteiger charge is 2.18. The number of fused-ring (bicyclic) bond motifs is 1. The number of aryl methyl sites for hydroxylation is 2. The number of carbonyl (C=O) groups is 1. The van der Waals surface area contributed by atoms with E-state index in [0.29, 0.717) is 16.5 Å². The summed E-state index contributed by atoms with van der Waals surface area (Å²) >= 11 is 12.0. The smallest absolute Gasteiger partial charge is 0.303 e. The number of hydrogen-bond acceptors (Lipinski definition) is 2. The molecule has 0 bridgehead atoms. The molecule has 0 atom stereocenters. The van der Waals surface area contributed by atoms with Gasteiger partial charge in [-0.2, -0.15) is 0 Å². The molecule has 0 unspecified atom stereocenters. The maximum absolute atomic E-state index is 11.0. The highest BCUT2D eigenvalue weighted by atomic mass is 35.5. The molecular weight excluding hydrogens is 335 g/mol. The molecular formula is C17H14Cl2N2O2. The van der Waals surface area contributed by atoms with Gasteiger partial charge in [0.2, 0.25) is 0 Å². The van der Waals surface area contributed by atoms with E-state index in [2.05, 4.69) is 4.98 Å². The maximum atomic E-state index is 11.0. The Morgan fingerprint density at radius 3 is 2.57 bits per heavy atom. The van der Waals surface area contributed by atoms with Crippen LogP contribution in [0.4, 0.5) is 0 Å². The lowest BCUT2D eigenvalue weighted by molar-refractivity contribution is -0.136. The van der Waals surface area contributed by atoms with Crippen molar-refractivity contribution in [3.05, 3.63) is 52.1 Å². The molecule has 0 aliphatic heterocycles. The monoisotopic (exact) mass is 348 g/mol. The molecule has 4 nitrogen and oxygen atoms in total. The summed E-state index contributed by atoms with van der Waals surface area (Å²) in [6.07, 6.45) is 2.05. The third kappa shape index (κ3) is 3.05. The summed E-state index contributed by atoms with van der Waals surface area (Å²) in [7, 11) is 1.91. The molecule has 3 aromatic rings. The predicted octanol–water partition coefficient (Wildman–Crippen LogP) is 4.56. The van der Waals surface area contributed by atoms with Crippen LogP contribution in [-0.2, 0) is 18.3 Å². The van der Waals surface area contributed by atoms with Crippen LogP contribution in [0, 0.1) is 0 Å². The molecule has 0 saturated carbocycles. The van der Waals surface area contributed by atoms with Crippen LogP contribution >= 0.6 is 23.2 Å². The highest BCUT2D eigenvalue weighted by molar-refractivity contribution is 6.31. The molecule has 1 aromatic carbocycles. The molecule has 6 heteroatoms. The standard InChI is InChI=1S/C17H14Cl2N2O2/c1-21-16(10-2-4-11(18)5-3-10)13(6-7-15(22)23)14-8-12(19)9-20-17(14)21/h2-5,8-9H,6-7H2,1H3,(H,22,23). The number of carboxylic acids is 1. The predicted molar refractivity (Wildman–Crippen MR) is 92.1 cm³/mol. The first-order valence-electron chi connectivity index (χ1n) is 7.08. The van der Waals surface area contributed by atoms with E-state index in [1.54, 1.807) is 6.20 Å². The Hall–Kier alpha value is -2.04. The van der Waals surface area contributed by atoms with E-state index >= 15 is 0 Å². The third-order valence-corrected chi connectivity index (χ3v) is 4.26.